The third-order valence-corrected chi connectivity index (χ3v) is 2.92. The molecule has 0 amide bonds. The number of rotatable bonds is 4. The molecule has 0 N–H and O–H groups in total. The van der Waals surface area contributed by atoms with Crippen LogP contribution in [0.2, 0.25) is 0 Å². The minimum Gasteiger partial charge on any atom is -0.462 e. The van der Waals surface area contributed by atoms with Gasteiger partial charge in [-0.2, -0.15) is 0 Å². The van der Waals surface area contributed by atoms with Gasteiger partial charge in [0.1, 0.15) is 0 Å². The van der Waals surface area contributed by atoms with Crippen LogP contribution in [0.25, 0.3) is 11.3 Å². The number of hydrogen-bond donors (Lipinski definition) is 0. The molecule has 0 saturated heterocycles. The molecule has 2 aromatic rings. The zero-order valence-corrected chi connectivity index (χ0v) is 12.0. The number of hydrogen-bond acceptors (Lipinski definition) is 4. The lowest BCUT2D eigenvalue weighted by Gasteiger charge is -2.12. The van der Waals surface area contributed by atoms with Crippen molar-refractivity contribution in [2.24, 2.45) is 0 Å². The first-order valence-electron chi connectivity index (χ1n) is 6.72. The molecular weight excluding hydrogens is 252 g/mol. The summed E-state index contributed by atoms with van der Waals surface area (Å²) in [6.45, 7) is 6.18. The van der Waals surface area contributed by atoms with Gasteiger partial charge in [-0.1, -0.05) is 13.8 Å². The zero-order valence-electron chi connectivity index (χ0n) is 12.0. The summed E-state index contributed by atoms with van der Waals surface area (Å²) in [5.41, 5.74) is 3.04. The Balaban J connectivity index is 2.45. The third kappa shape index (κ3) is 3.02. The molecule has 0 spiro atoms. The van der Waals surface area contributed by atoms with E-state index in [9.17, 15) is 4.79 Å². The summed E-state index contributed by atoms with van der Waals surface area (Å²) in [6, 6.07) is 7.42. The largest absolute Gasteiger partial charge is 0.462 e. The van der Waals surface area contributed by atoms with E-state index < -0.39 is 0 Å². The van der Waals surface area contributed by atoms with Gasteiger partial charge in [0.05, 0.1) is 23.6 Å². The maximum Gasteiger partial charge on any atom is 0.339 e. The highest BCUT2D eigenvalue weighted by Gasteiger charge is 2.17. The van der Waals surface area contributed by atoms with Crippen LogP contribution in [-0.4, -0.2) is 22.5 Å². The van der Waals surface area contributed by atoms with E-state index in [1.165, 1.54) is 0 Å². The SMILES string of the molecule is CCOC(=O)c1ccc(-c2cccnc2)nc1C(C)C. The van der Waals surface area contributed by atoms with Crippen molar-refractivity contribution in [2.45, 2.75) is 26.7 Å². The smallest absolute Gasteiger partial charge is 0.339 e. The average molecular weight is 270 g/mol. The first kappa shape index (κ1) is 14.2. The molecule has 4 heteroatoms. The van der Waals surface area contributed by atoms with Gasteiger partial charge in [-0.3, -0.25) is 9.97 Å². The van der Waals surface area contributed by atoms with Crippen LogP contribution in [0.1, 0.15) is 42.7 Å². The van der Waals surface area contributed by atoms with Crippen molar-refractivity contribution in [3.8, 4) is 11.3 Å². The molecule has 0 saturated carbocycles. The lowest BCUT2D eigenvalue weighted by molar-refractivity contribution is 0.0524. The summed E-state index contributed by atoms with van der Waals surface area (Å²) in [6.07, 6.45) is 3.48. The van der Waals surface area contributed by atoms with Gasteiger partial charge in [0.15, 0.2) is 0 Å². The Kier molecular flexibility index (Phi) is 4.45. The van der Waals surface area contributed by atoms with E-state index in [0.29, 0.717) is 12.2 Å². The maximum atomic E-state index is 11.9. The van der Waals surface area contributed by atoms with Crippen molar-refractivity contribution in [3.05, 3.63) is 47.9 Å². The Morgan fingerprint density at radius 1 is 1.30 bits per heavy atom. The summed E-state index contributed by atoms with van der Waals surface area (Å²) < 4.78 is 5.07. The predicted molar refractivity (Wildman–Crippen MR) is 77.5 cm³/mol. The molecule has 2 aromatic heterocycles. The van der Waals surface area contributed by atoms with E-state index in [0.717, 1.165) is 17.0 Å². The molecular formula is C16H18N2O2. The Bertz CT molecular complexity index is 595. The standard InChI is InChI=1S/C16H18N2O2/c1-4-20-16(19)13-7-8-14(18-15(13)11(2)3)12-6-5-9-17-10-12/h5-11H,4H2,1-3H3. The van der Waals surface area contributed by atoms with Crippen molar-refractivity contribution in [1.29, 1.82) is 0 Å². The number of nitrogens with zero attached hydrogens (tertiary/aromatic N) is 2. The topological polar surface area (TPSA) is 52.1 Å². The zero-order chi connectivity index (χ0) is 14.5. The lowest BCUT2D eigenvalue weighted by atomic mass is 10.0. The molecule has 0 bridgehead atoms. The quantitative estimate of drug-likeness (QED) is 0.798. The Labute approximate surface area is 118 Å². The molecule has 104 valence electrons. The van der Waals surface area contributed by atoms with Crippen LogP contribution in [0.15, 0.2) is 36.7 Å². The van der Waals surface area contributed by atoms with Gasteiger partial charge < -0.3 is 4.74 Å². The number of esters is 1. The van der Waals surface area contributed by atoms with E-state index in [4.69, 9.17) is 4.74 Å². The van der Waals surface area contributed by atoms with Crippen molar-refractivity contribution in [1.82, 2.24) is 9.97 Å². The number of carbonyl (C=O) groups excluding carboxylic acids is 1. The molecule has 0 radical (unpaired) electrons. The van der Waals surface area contributed by atoms with E-state index in [2.05, 4.69) is 9.97 Å². The van der Waals surface area contributed by atoms with Crippen LogP contribution in [0, 0.1) is 0 Å². The van der Waals surface area contributed by atoms with Gasteiger partial charge in [-0.15, -0.1) is 0 Å². The van der Waals surface area contributed by atoms with Crippen LogP contribution in [-0.2, 0) is 4.74 Å². The highest BCUT2D eigenvalue weighted by molar-refractivity contribution is 5.91. The molecule has 0 fully saturated rings. The van der Waals surface area contributed by atoms with Gasteiger partial charge in [-0.25, -0.2) is 4.79 Å². The molecule has 0 unspecified atom stereocenters. The highest BCUT2D eigenvalue weighted by Crippen LogP contribution is 2.23. The van der Waals surface area contributed by atoms with E-state index in [1.807, 2.05) is 32.0 Å². The number of ether oxygens (including phenoxy) is 1. The van der Waals surface area contributed by atoms with Gasteiger partial charge >= 0.3 is 5.97 Å². The molecule has 0 aliphatic rings. The van der Waals surface area contributed by atoms with Crippen molar-refractivity contribution < 1.29 is 9.53 Å². The minimum atomic E-state index is -0.318. The van der Waals surface area contributed by atoms with E-state index in [1.54, 1.807) is 25.4 Å². The van der Waals surface area contributed by atoms with Crippen LogP contribution >= 0.6 is 0 Å². The Morgan fingerprint density at radius 2 is 2.10 bits per heavy atom. The Hall–Kier alpha value is -2.23. The fraction of sp³-hybridized carbons (Fsp3) is 0.312. The number of pyridine rings is 2. The molecule has 0 atom stereocenters. The molecule has 4 nitrogen and oxygen atoms in total. The molecule has 20 heavy (non-hydrogen) atoms. The van der Waals surface area contributed by atoms with Crippen LogP contribution in [0.3, 0.4) is 0 Å². The summed E-state index contributed by atoms with van der Waals surface area (Å²) in [5, 5.41) is 0. The molecule has 2 heterocycles. The predicted octanol–water partition coefficient (Wildman–Crippen LogP) is 3.44. The summed E-state index contributed by atoms with van der Waals surface area (Å²) in [5.74, 6) is -0.174. The first-order valence-corrected chi connectivity index (χ1v) is 6.72. The first-order chi connectivity index (χ1) is 9.63. The van der Waals surface area contributed by atoms with Crippen molar-refractivity contribution in [3.63, 3.8) is 0 Å². The highest BCUT2D eigenvalue weighted by atomic mass is 16.5. The molecule has 0 aromatic carbocycles. The van der Waals surface area contributed by atoms with Gasteiger partial charge in [0.25, 0.3) is 0 Å². The summed E-state index contributed by atoms with van der Waals surface area (Å²) in [4.78, 5) is 20.6. The second-order valence-corrected chi connectivity index (χ2v) is 4.75. The van der Waals surface area contributed by atoms with Crippen LogP contribution < -0.4 is 0 Å². The van der Waals surface area contributed by atoms with Crippen molar-refractivity contribution in [2.75, 3.05) is 6.61 Å². The second kappa shape index (κ2) is 6.28. The number of carbonyl (C=O) groups is 1. The van der Waals surface area contributed by atoms with Crippen LogP contribution in [0.4, 0.5) is 0 Å². The lowest BCUT2D eigenvalue weighted by Crippen LogP contribution is -2.11. The van der Waals surface area contributed by atoms with Gasteiger partial charge in [-0.05, 0) is 37.1 Å². The molecule has 0 aliphatic heterocycles. The van der Waals surface area contributed by atoms with Gasteiger partial charge in [0.2, 0.25) is 0 Å². The van der Waals surface area contributed by atoms with Crippen molar-refractivity contribution >= 4 is 5.97 Å². The maximum absolute atomic E-state index is 11.9. The normalized spacial score (nSPS) is 10.6. The Morgan fingerprint density at radius 3 is 2.70 bits per heavy atom. The van der Waals surface area contributed by atoms with Crippen LogP contribution in [0.5, 0.6) is 0 Å². The van der Waals surface area contributed by atoms with Gasteiger partial charge in [0, 0.05) is 18.0 Å². The fourth-order valence-electron chi connectivity index (χ4n) is 1.97. The second-order valence-electron chi connectivity index (χ2n) is 4.75. The molecule has 0 aliphatic carbocycles. The molecule has 2 rings (SSSR count). The van der Waals surface area contributed by atoms with E-state index >= 15 is 0 Å². The monoisotopic (exact) mass is 270 g/mol. The summed E-state index contributed by atoms with van der Waals surface area (Å²) in [7, 11) is 0. The van der Waals surface area contributed by atoms with E-state index in [-0.39, 0.29) is 11.9 Å². The fourth-order valence-corrected chi connectivity index (χ4v) is 1.97. The average Bonchev–Trinajstić information content (AvgIpc) is 2.47. The number of aromatic nitrogens is 2. The summed E-state index contributed by atoms with van der Waals surface area (Å²) >= 11 is 0. The third-order valence-electron chi connectivity index (χ3n) is 2.92. The minimum absolute atomic E-state index is 0.144.